The van der Waals surface area contributed by atoms with E-state index in [-0.39, 0.29) is 5.91 Å². The Hall–Kier alpha value is -2.21. The molecule has 5 nitrogen and oxygen atoms in total. The van der Waals surface area contributed by atoms with Crippen molar-refractivity contribution in [3.05, 3.63) is 52.5 Å². The molecule has 140 valence electrons. The average Bonchev–Trinajstić information content (AvgIpc) is 3.01. The van der Waals surface area contributed by atoms with Gasteiger partial charge >= 0.3 is 5.97 Å². The number of aryl methyl sites for hydroxylation is 3. The minimum absolute atomic E-state index is 0.0398. The summed E-state index contributed by atoms with van der Waals surface area (Å²) in [7, 11) is 1.34. The maximum absolute atomic E-state index is 12.3. The largest absolute Gasteiger partial charge is 0.465 e. The minimum atomic E-state index is -0.413. The van der Waals surface area contributed by atoms with Gasteiger partial charge in [-0.05, 0) is 37.0 Å². The van der Waals surface area contributed by atoms with Gasteiger partial charge in [-0.3, -0.25) is 4.79 Å². The van der Waals surface area contributed by atoms with Gasteiger partial charge in [0, 0.05) is 5.69 Å². The predicted octanol–water partition coefficient (Wildman–Crippen LogP) is 4.37. The molecular formula is C20H25NO4S. The van der Waals surface area contributed by atoms with E-state index in [9.17, 15) is 9.59 Å². The highest BCUT2D eigenvalue weighted by atomic mass is 32.2. The van der Waals surface area contributed by atoms with Crippen LogP contribution in [0.15, 0.2) is 28.7 Å². The predicted molar refractivity (Wildman–Crippen MR) is 105 cm³/mol. The van der Waals surface area contributed by atoms with E-state index in [0.717, 1.165) is 29.7 Å². The van der Waals surface area contributed by atoms with Crippen molar-refractivity contribution >= 4 is 29.3 Å². The molecule has 1 N–H and O–H groups in total. The molecule has 1 heterocycles. The average molecular weight is 375 g/mol. The molecule has 0 unspecified atom stereocenters. The van der Waals surface area contributed by atoms with Crippen molar-refractivity contribution in [2.24, 2.45) is 0 Å². The van der Waals surface area contributed by atoms with Crippen LogP contribution in [-0.2, 0) is 28.1 Å². The molecule has 1 aromatic carbocycles. The maximum Gasteiger partial charge on any atom is 0.341 e. The normalized spacial score (nSPS) is 10.6. The van der Waals surface area contributed by atoms with Gasteiger partial charge in [-0.15, -0.1) is 11.8 Å². The number of amides is 1. The van der Waals surface area contributed by atoms with E-state index in [4.69, 9.17) is 9.15 Å². The molecule has 2 aromatic rings. The monoisotopic (exact) mass is 375 g/mol. The Kier molecular flexibility index (Phi) is 7.33. The van der Waals surface area contributed by atoms with Gasteiger partial charge < -0.3 is 14.5 Å². The highest BCUT2D eigenvalue weighted by Gasteiger charge is 2.16. The number of hydrogen-bond donors (Lipinski definition) is 1. The summed E-state index contributed by atoms with van der Waals surface area (Å²) in [5.74, 6) is 1.56. The van der Waals surface area contributed by atoms with E-state index >= 15 is 0 Å². The summed E-state index contributed by atoms with van der Waals surface area (Å²) in [5.41, 5.74) is 3.65. The van der Waals surface area contributed by atoms with Gasteiger partial charge in [0.25, 0.3) is 0 Å². The first-order chi connectivity index (χ1) is 12.5. The van der Waals surface area contributed by atoms with Gasteiger partial charge in [0.2, 0.25) is 5.91 Å². The van der Waals surface area contributed by atoms with Gasteiger partial charge in [0.05, 0.1) is 18.6 Å². The summed E-state index contributed by atoms with van der Waals surface area (Å²) < 4.78 is 10.3. The van der Waals surface area contributed by atoms with Crippen LogP contribution in [0.2, 0.25) is 0 Å². The van der Waals surface area contributed by atoms with Crippen molar-refractivity contribution in [2.75, 3.05) is 18.2 Å². The van der Waals surface area contributed by atoms with E-state index < -0.39 is 5.97 Å². The summed E-state index contributed by atoms with van der Waals surface area (Å²) in [5, 5.41) is 3.05. The molecule has 0 saturated carbocycles. The fourth-order valence-corrected chi connectivity index (χ4v) is 3.45. The summed E-state index contributed by atoms with van der Waals surface area (Å²) in [4.78, 5) is 23.9. The van der Waals surface area contributed by atoms with Crippen LogP contribution in [0.3, 0.4) is 0 Å². The molecule has 26 heavy (non-hydrogen) atoms. The molecule has 6 heteroatoms. The number of ether oxygens (including phenoxy) is 1. The molecule has 1 amide bonds. The number of anilines is 1. The third-order valence-electron chi connectivity index (χ3n) is 4.11. The van der Waals surface area contributed by atoms with E-state index in [1.54, 1.807) is 13.0 Å². The summed E-state index contributed by atoms with van der Waals surface area (Å²) in [6, 6.07) is 7.79. The Morgan fingerprint density at radius 2 is 1.85 bits per heavy atom. The number of thioether (sulfide) groups is 1. The Labute approximate surface area is 158 Å². The number of nitrogens with one attached hydrogen (secondary N) is 1. The zero-order valence-electron chi connectivity index (χ0n) is 15.7. The first-order valence-electron chi connectivity index (χ1n) is 8.66. The standard InChI is InChI=1S/C20H25NO4S/c1-5-14-8-7-9-15(6-2)19(14)21-18(22)12-26-11-16-10-17(13(3)25-16)20(23)24-4/h7-10H,5-6,11-12H2,1-4H3,(H,21,22). The van der Waals surface area contributed by atoms with E-state index in [1.807, 2.05) is 18.2 Å². The van der Waals surface area contributed by atoms with Gasteiger partial charge in [-0.2, -0.15) is 0 Å². The number of benzene rings is 1. The molecule has 0 aliphatic rings. The third kappa shape index (κ3) is 4.91. The van der Waals surface area contributed by atoms with Gasteiger partial charge in [-0.25, -0.2) is 4.79 Å². The number of carbonyl (C=O) groups is 2. The Morgan fingerprint density at radius 1 is 1.19 bits per heavy atom. The topological polar surface area (TPSA) is 68.5 Å². The number of para-hydroxylation sites is 1. The number of hydrogen-bond acceptors (Lipinski definition) is 5. The molecule has 0 radical (unpaired) electrons. The molecule has 0 atom stereocenters. The van der Waals surface area contributed by atoms with Crippen LogP contribution in [0.4, 0.5) is 5.69 Å². The lowest BCUT2D eigenvalue weighted by Gasteiger charge is -2.14. The molecule has 0 aliphatic heterocycles. The summed E-state index contributed by atoms with van der Waals surface area (Å²) in [6.45, 7) is 5.88. The number of esters is 1. The lowest BCUT2D eigenvalue weighted by Crippen LogP contribution is -2.16. The van der Waals surface area contributed by atoms with Crippen LogP contribution >= 0.6 is 11.8 Å². The lowest BCUT2D eigenvalue weighted by molar-refractivity contribution is -0.113. The smallest absolute Gasteiger partial charge is 0.341 e. The molecule has 1 aromatic heterocycles. The fourth-order valence-electron chi connectivity index (χ4n) is 2.75. The first-order valence-corrected chi connectivity index (χ1v) is 9.81. The highest BCUT2D eigenvalue weighted by molar-refractivity contribution is 7.99. The number of rotatable bonds is 8. The molecule has 0 spiro atoms. The van der Waals surface area contributed by atoms with E-state index in [1.165, 1.54) is 18.9 Å². The number of furan rings is 1. The van der Waals surface area contributed by atoms with Gasteiger partial charge in [-0.1, -0.05) is 32.0 Å². The maximum atomic E-state index is 12.3. The van der Waals surface area contributed by atoms with E-state index in [2.05, 4.69) is 19.2 Å². The van der Waals surface area contributed by atoms with Crippen molar-refractivity contribution in [1.82, 2.24) is 0 Å². The van der Waals surface area contributed by atoms with Gasteiger partial charge in [0.1, 0.15) is 17.1 Å². The Balaban J connectivity index is 1.93. The number of methoxy groups -OCH3 is 1. The number of carbonyl (C=O) groups excluding carboxylic acids is 2. The third-order valence-corrected chi connectivity index (χ3v) is 5.07. The van der Waals surface area contributed by atoms with Crippen molar-refractivity contribution in [2.45, 2.75) is 39.4 Å². The van der Waals surface area contributed by atoms with Crippen molar-refractivity contribution in [3.8, 4) is 0 Å². The van der Waals surface area contributed by atoms with Gasteiger partial charge in [0.15, 0.2) is 0 Å². The van der Waals surface area contributed by atoms with Crippen LogP contribution in [0.25, 0.3) is 0 Å². The minimum Gasteiger partial charge on any atom is -0.465 e. The van der Waals surface area contributed by atoms with Crippen LogP contribution in [0, 0.1) is 6.92 Å². The van der Waals surface area contributed by atoms with Crippen LogP contribution in [-0.4, -0.2) is 24.7 Å². The SMILES string of the molecule is CCc1cccc(CC)c1NC(=O)CSCc1cc(C(=O)OC)c(C)o1. The Bertz CT molecular complexity index is 760. The Morgan fingerprint density at radius 3 is 2.42 bits per heavy atom. The van der Waals surface area contributed by atoms with Crippen molar-refractivity contribution in [1.29, 1.82) is 0 Å². The van der Waals surface area contributed by atoms with E-state index in [0.29, 0.717) is 28.6 Å². The highest BCUT2D eigenvalue weighted by Crippen LogP contribution is 2.24. The quantitative estimate of drug-likeness (QED) is 0.694. The van der Waals surface area contributed by atoms with Crippen molar-refractivity contribution in [3.63, 3.8) is 0 Å². The summed E-state index contributed by atoms with van der Waals surface area (Å²) in [6.07, 6.45) is 1.75. The second kappa shape index (κ2) is 9.48. The van der Waals surface area contributed by atoms with Crippen LogP contribution in [0.5, 0.6) is 0 Å². The zero-order chi connectivity index (χ0) is 19.1. The molecular weight excluding hydrogens is 350 g/mol. The van der Waals surface area contributed by atoms with Crippen molar-refractivity contribution < 1.29 is 18.7 Å². The van der Waals surface area contributed by atoms with Crippen LogP contribution in [0.1, 0.15) is 46.9 Å². The molecule has 2 rings (SSSR count). The summed E-state index contributed by atoms with van der Waals surface area (Å²) >= 11 is 1.44. The zero-order valence-corrected chi connectivity index (χ0v) is 16.5. The van der Waals surface area contributed by atoms with Crippen LogP contribution < -0.4 is 5.32 Å². The first kappa shape index (κ1) is 20.1. The second-order valence-corrected chi connectivity index (χ2v) is 6.86. The molecule has 0 saturated heterocycles. The molecule has 0 fully saturated rings. The lowest BCUT2D eigenvalue weighted by atomic mass is 10.0. The fraction of sp³-hybridized carbons (Fsp3) is 0.400. The second-order valence-electron chi connectivity index (χ2n) is 5.87. The molecule has 0 bridgehead atoms. The molecule has 0 aliphatic carbocycles.